The molecule has 104 valence electrons. The number of hydrogen-bond acceptors (Lipinski definition) is 2. The third-order valence-electron chi connectivity index (χ3n) is 3.75. The summed E-state index contributed by atoms with van der Waals surface area (Å²) in [6, 6.07) is 0. The second-order valence-corrected chi connectivity index (χ2v) is 6.13. The Morgan fingerprint density at radius 1 is 1.28 bits per heavy atom. The minimum atomic E-state index is -0.467. The van der Waals surface area contributed by atoms with Gasteiger partial charge in [-0.05, 0) is 46.6 Å². The minimum Gasteiger partial charge on any atom is -0.315 e. The lowest BCUT2D eigenvalue weighted by Crippen LogP contribution is -2.58. The maximum atomic E-state index is 12.7. The highest BCUT2D eigenvalue weighted by Crippen LogP contribution is 2.26. The standard InChI is InChI=1S/C15H28N2O/c1-7-9-10-17-12(3)11-14(4,5)16-15(6,8-2)13(17)18/h11,16H,7-10H2,1-6H3. The molecule has 1 aliphatic rings. The zero-order valence-electron chi connectivity index (χ0n) is 12.8. The highest BCUT2D eigenvalue weighted by Gasteiger charge is 2.41. The first kappa shape index (κ1) is 15.2. The number of nitrogens with zero attached hydrogens (tertiary/aromatic N) is 1. The van der Waals surface area contributed by atoms with Crippen LogP contribution in [0.25, 0.3) is 0 Å². The normalized spacial score (nSPS) is 28.0. The topological polar surface area (TPSA) is 32.3 Å². The highest BCUT2D eigenvalue weighted by atomic mass is 16.2. The van der Waals surface area contributed by atoms with Gasteiger partial charge in [0, 0.05) is 17.8 Å². The molecule has 0 saturated heterocycles. The van der Waals surface area contributed by atoms with Gasteiger partial charge in [0.2, 0.25) is 5.91 Å². The maximum Gasteiger partial charge on any atom is 0.246 e. The summed E-state index contributed by atoms with van der Waals surface area (Å²) in [6.45, 7) is 13.4. The smallest absolute Gasteiger partial charge is 0.246 e. The van der Waals surface area contributed by atoms with Gasteiger partial charge in [-0.1, -0.05) is 20.3 Å². The van der Waals surface area contributed by atoms with Gasteiger partial charge >= 0.3 is 0 Å². The summed E-state index contributed by atoms with van der Waals surface area (Å²) >= 11 is 0. The molecule has 0 spiro atoms. The number of carbonyl (C=O) groups is 1. The first-order valence-corrected chi connectivity index (χ1v) is 7.06. The molecule has 1 aliphatic heterocycles. The van der Waals surface area contributed by atoms with Gasteiger partial charge < -0.3 is 4.90 Å². The summed E-state index contributed by atoms with van der Waals surface area (Å²) in [5.41, 5.74) is 0.458. The first-order valence-electron chi connectivity index (χ1n) is 7.06. The van der Waals surface area contributed by atoms with Crippen molar-refractivity contribution < 1.29 is 4.79 Å². The monoisotopic (exact) mass is 252 g/mol. The van der Waals surface area contributed by atoms with E-state index in [1.165, 1.54) is 0 Å². The van der Waals surface area contributed by atoms with Gasteiger partial charge in [-0.15, -0.1) is 0 Å². The van der Waals surface area contributed by atoms with Crippen molar-refractivity contribution in [1.29, 1.82) is 0 Å². The molecule has 0 fully saturated rings. The Kier molecular flexibility index (Phi) is 4.60. The summed E-state index contributed by atoms with van der Waals surface area (Å²) in [7, 11) is 0. The Hall–Kier alpha value is -0.830. The molecule has 3 nitrogen and oxygen atoms in total. The third kappa shape index (κ3) is 3.14. The number of hydrogen-bond donors (Lipinski definition) is 1. The number of nitrogens with one attached hydrogen (secondary N) is 1. The van der Waals surface area contributed by atoms with E-state index in [0.29, 0.717) is 0 Å². The molecular formula is C15H28N2O. The van der Waals surface area contributed by atoms with Crippen LogP contribution in [-0.4, -0.2) is 28.4 Å². The van der Waals surface area contributed by atoms with Crippen LogP contribution in [0.3, 0.4) is 0 Å². The number of rotatable bonds is 4. The van der Waals surface area contributed by atoms with Crippen molar-refractivity contribution in [3.05, 3.63) is 11.8 Å². The van der Waals surface area contributed by atoms with Gasteiger partial charge in [0.25, 0.3) is 0 Å². The molecule has 18 heavy (non-hydrogen) atoms. The molecule has 0 aromatic carbocycles. The van der Waals surface area contributed by atoms with E-state index in [1.54, 1.807) is 0 Å². The van der Waals surface area contributed by atoms with Gasteiger partial charge in [0.05, 0.1) is 5.54 Å². The van der Waals surface area contributed by atoms with Gasteiger partial charge in [-0.2, -0.15) is 0 Å². The predicted molar refractivity (Wildman–Crippen MR) is 76.3 cm³/mol. The Balaban J connectivity index is 3.10. The van der Waals surface area contributed by atoms with E-state index in [2.05, 4.69) is 39.1 Å². The molecule has 0 radical (unpaired) electrons. The van der Waals surface area contributed by atoms with Crippen molar-refractivity contribution in [2.45, 2.75) is 71.9 Å². The number of carbonyl (C=O) groups excluding carboxylic acids is 1. The minimum absolute atomic E-state index is 0.147. The highest BCUT2D eigenvalue weighted by molar-refractivity contribution is 5.88. The Morgan fingerprint density at radius 3 is 2.39 bits per heavy atom. The molecule has 1 amide bonds. The molecule has 3 heteroatoms. The zero-order valence-corrected chi connectivity index (χ0v) is 12.8. The molecule has 1 N–H and O–H groups in total. The summed E-state index contributed by atoms with van der Waals surface area (Å²) in [5, 5.41) is 3.50. The Morgan fingerprint density at radius 2 is 1.89 bits per heavy atom. The molecule has 0 aliphatic carbocycles. The SMILES string of the molecule is CCCCN1C(=O)C(C)(CC)NC(C)(C)C=C1C. The summed E-state index contributed by atoms with van der Waals surface area (Å²) in [4.78, 5) is 14.7. The van der Waals surface area contributed by atoms with Gasteiger partial charge in [-0.3, -0.25) is 10.1 Å². The Bertz CT molecular complexity index is 346. The Labute approximate surface area is 112 Å². The largest absolute Gasteiger partial charge is 0.315 e. The van der Waals surface area contributed by atoms with Gasteiger partial charge in [0.1, 0.15) is 0 Å². The van der Waals surface area contributed by atoms with E-state index >= 15 is 0 Å². The average molecular weight is 252 g/mol. The van der Waals surface area contributed by atoms with E-state index in [-0.39, 0.29) is 11.4 Å². The van der Waals surface area contributed by atoms with Crippen LogP contribution < -0.4 is 5.32 Å². The molecule has 1 atom stereocenters. The molecular weight excluding hydrogens is 224 g/mol. The van der Waals surface area contributed by atoms with Crippen molar-refractivity contribution in [2.75, 3.05) is 6.54 Å². The molecule has 0 aromatic rings. The third-order valence-corrected chi connectivity index (χ3v) is 3.75. The second-order valence-electron chi connectivity index (χ2n) is 6.13. The molecule has 0 aromatic heterocycles. The molecule has 0 saturated carbocycles. The fraction of sp³-hybridized carbons (Fsp3) is 0.800. The lowest BCUT2D eigenvalue weighted by molar-refractivity contribution is -0.136. The van der Waals surface area contributed by atoms with Crippen molar-refractivity contribution in [3.8, 4) is 0 Å². The van der Waals surface area contributed by atoms with E-state index in [4.69, 9.17) is 0 Å². The summed E-state index contributed by atoms with van der Waals surface area (Å²) in [5.74, 6) is 0.206. The van der Waals surface area contributed by atoms with Crippen molar-refractivity contribution >= 4 is 5.91 Å². The molecule has 1 rings (SSSR count). The van der Waals surface area contributed by atoms with Crippen molar-refractivity contribution in [3.63, 3.8) is 0 Å². The van der Waals surface area contributed by atoms with Crippen LogP contribution in [0.1, 0.15) is 60.8 Å². The van der Waals surface area contributed by atoms with Crippen LogP contribution in [0.4, 0.5) is 0 Å². The van der Waals surface area contributed by atoms with Crippen LogP contribution in [0.5, 0.6) is 0 Å². The molecule has 0 bridgehead atoms. The second kappa shape index (κ2) is 5.43. The van der Waals surface area contributed by atoms with Crippen LogP contribution in [-0.2, 0) is 4.79 Å². The quantitative estimate of drug-likeness (QED) is 0.834. The first-order chi connectivity index (χ1) is 8.25. The number of unbranched alkanes of at least 4 members (excludes halogenated alkanes) is 1. The van der Waals surface area contributed by atoms with Crippen LogP contribution in [0.15, 0.2) is 11.8 Å². The molecule has 1 unspecified atom stereocenters. The van der Waals surface area contributed by atoms with Gasteiger partial charge in [-0.25, -0.2) is 0 Å². The van der Waals surface area contributed by atoms with E-state index in [0.717, 1.165) is 31.5 Å². The maximum absolute atomic E-state index is 12.7. The lowest BCUT2D eigenvalue weighted by Gasteiger charge is -2.36. The average Bonchev–Trinajstić information content (AvgIpc) is 2.32. The predicted octanol–water partition coefficient (Wildman–Crippen LogP) is 3.07. The summed E-state index contributed by atoms with van der Waals surface area (Å²) in [6.07, 6.45) is 5.13. The fourth-order valence-electron chi connectivity index (χ4n) is 2.69. The van der Waals surface area contributed by atoms with E-state index < -0.39 is 5.54 Å². The van der Waals surface area contributed by atoms with E-state index in [9.17, 15) is 4.79 Å². The van der Waals surface area contributed by atoms with Crippen LogP contribution >= 0.6 is 0 Å². The molecule has 1 heterocycles. The van der Waals surface area contributed by atoms with E-state index in [1.807, 2.05) is 18.7 Å². The fourth-order valence-corrected chi connectivity index (χ4v) is 2.69. The zero-order chi connectivity index (χ0) is 14.0. The lowest BCUT2D eigenvalue weighted by atomic mass is 9.93. The van der Waals surface area contributed by atoms with Gasteiger partial charge in [0.15, 0.2) is 0 Å². The number of allylic oxidation sites excluding steroid dienone is 1. The van der Waals surface area contributed by atoms with Crippen molar-refractivity contribution in [1.82, 2.24) is 10.2 Å². The van der Waals surface area contributed by atoms with Crippen LogP contribution in [0.2, 0.25) is 0 Å². The van der Waals surface area contributed by atoms with Crippen molar-refractivity contribution in [2.24, 2.45) is 0 Å². The van der Waals surface area contributed by atoms with Crippen LogP contribution in [0, 0.1) is 0 Å². The number of amides is 1. The summed E-state index contributed by atoms with van der Waals surface area (Å²) < 4.78 is 0.